The van der Waals surface area contributed by atoms with Gasteiger partial charge in [-0.1, -0.05) is 19.1 Å². The van der Waals surface area contributed by atoms with Crippen molar-refractivity contribution in [1.82, 2.24) is 0 Å². The second-order valence-electron chi connectivity index (χ2n) is 5.65. The third-order valence-electron chi connectivity index (χ3n) is 3.98. The van der Waals surface area contributed by atoms with Crippen LogP contribution in [-0.4, -0.2) is 12.5 Å². The minimum absolute atomic E-state index is 0.0704. The summed E-state index contributed by atoms with van der Waals surface area (Å²) in [6, 6.07) is 13.4. The summed E-state index contributed by atoms with van der Waals surface area (Å²) in [5.41, 5.74) is 2.21. The lowest BCUT2D eigenvalue weighted by molar-refractivity contribution is 0.174. The van der Waals surface area contributed by atoms with E-state index in [9.17, 15) is 9.18 Å². The van der Waals surface area contributed by atoms with Gasteiger partial charge in [0.1, 0.15) is 5.82 Å². The number of ether oxygens (including phenoxy) is 2. The van der Waals surface area contributed by atoms with Crippen LogP contribution in [0.15, 0.2) is 57.5 Å². The average Bonchev–Trinajstić information content (AvgIpc) is 3.10. The molecule has 0 bridgehead atoms. The van der Waals surface area contributed by atoms with E-state index in [1.165, 1.54) is 12.1 Å². The highest BCUT2D eigenvalue weighted by Crippen LogP contribution is 2.40. The molecule has 0 N–H and O–H groups in total. The molecular formula is C20H15FO3S2. The van der Waals surface area contributed by atoms with E-state index in [0.717, 1.165) is 26.0 Å². The predicted molar refractivity (Wildman–Crippen MR) is 104 cm³/mol. The topological polar surface area (TPSA) is 35.5 Å². The van der Waals surface area contributed by atoms with Crippen molar-refractivity contribution in [2.75, 3.05) is 12.5 Å². The first-order chi connectivity index (χ1) is 12.7. The molecule has 0 unspecified atom stereocenters. The third kappa shape index (κ3) is 3.22. The van der Waals surface area contributed by atoms with Gasteiger partial charge in [0, 0.05) is 10.9 Å². The highest BCUT2D eigenvalue weighted by Gasteiger charge is 2.17. The van der Waals surface area contributed by atoms with Crippen molar-refractivity contribution in [1.29, 1.82) is 0 Å². The minimum atomic E-state index is -0.313. The molecule has 0 radical (unpaired) electrons. The maximum absolute atomic E-state index is 13.2. The Balaban J connectivity index is 1.83. The quantitative estimate of drug-likeness (QED) is 0.561. The van der Waals surface area contributed by atoms with Crippen molar-refractivity contribution in [2.24, 2.45) is 0 Å². The average molecular weight is 386 g/mol. The molecule has 1 aliphatic rings. The molecule has 3 nitrogen and oxygen atoms in total. The standard InChI is InChI=1S/C20H15FO3S2/c1-2-25-20-19(12-3-6-14(21)7-4-12)15(22)10-18(26-20)13-5-8-16-17(9-13)24-11-23-16/h3-10H,2,11H2,1H3. The minimum Gasteiger partial charge on any atom is -0.454 e. The zero-order chi connectivity index (χ0) is 18.1. The second-order valence-corrected chi connectivity index (χ2v) is 8.23. The van der Waals surface area contributed by atoms with Crippen molar-refractivity contribution in [3.63, 3.8) is 0 Å². The van der Waals surface area contributed by atoms with E-state index in [4.69, 9.17) is 9.47 Å². The SMILES string of the molecule is CCSc1sc(-c2ccc3c(c2)OCO3)cc(=O)c1-c1ccc(F)cc1. The summed E-state index contributed by atoms with van der Waals surface area (Å²) in [6.45, 7) is 2.26. The van der Waals surface area contributed by atoms with Crippen molar-refractivity contribution in [2.45, 2.75) is 11.1 Å². The second kappa shape index (κ2) is 7.13. The lowest BCUT2D eigenvalue weighted by Crippen LogP contribution is -2.04. The lowest BCUT2D eigenvalue weighted by Gasteiger charge is -2.10. The lowest BCUT2D eigenvalue weighted by atomic mass is 10.1. The molecule has 2 heterocycles. The fourth-order valence-electron chi connectivity index (χ4n) is 2.77. The molecule has 26 heavy (non-hydrogen) atoms. The Morgan fingerprint density at radius 1 is 1.04 bits per heavy atom. The molecule has 0 fully saturated rings. The summed E-state index contributed by atoms with van der Waals surface area (Å²) in [5, 5.41) is 0. The van der Waals surface area contributed by atoms with Gasteiger partial charge in [0.25, 0.3) is 0 Å². The molecule has 6 heteroatoms. The molecule has 0 aliphatic carbocycles. The molecule has 2 aromatic carbocycles. The van der Waals surface area contributed by atoms with Gasteiger partial charge in [-0.3, -0.25) is 4.79 Å². The summed E-state index contributed by atoms with van der Waals surface area (Å²) >= 11 is 3.18. The Kier molecular flexibility index (Phi) is 4.70. The first-order valence-electron chi connectivity index (χ1n) is 8.12. The van der Waals surface area contributed by atoms with Crippen LogP contribution < -0.4 is 14.9 Å². The Bertz CT molecular complexity index is 1010. The van der Waals surface area contributed by atoms with E-state index in [1.807, 2.05) is 25.1 Å². The molecule has 132 valence electrons. The summed E-state index contributed by atoms with van der Waals surface area (Å²) in [4.78, 5) is 13.7. The van der Waals surface area contributed by atoms with Gasteiger partial charge < -0.3 is 9.47 Å². The van der Waals surface area contributed by atoms with E-state index in [0.29, 0.717) is 17.1 Å². The molecule has 0 atom stereocenters. The molecule has 3 aromatic rings. The van der Waals surface area contributed by atoms with Gasteiger partial charge in [-0.2, -0.15) is 0 Å². The van der Waals surface area contributed by atoms with Crippen LogP contribution in [0.5, 0.6) is 11.5 Å². The molecule has 0 saturated carbocycles. The predicted octanol–water partition coefficient (Wildman–Crippen LogP) is 5.42. The number of thioether (sulfide) groups is 1. The van der Waals surface area contributed by atoms with Gasteiger partial charge in [-0.25, -0.2) is 4.39 Å². The smallest absolute Gasteiger partial charge is 0.231 e. The van der Waals surface area contributed by atoms with Gasteiger partial charge in [0.15, 0.2) is 16.9 Å². The first kappa shape index (κ1) is 17.1. The number of rotatable bonds is 4. The zero-order valence-electron chi connectivity index (χ0n) is 14.0. The van der Waals surface area contributed by atoms with Gasteiger partial charge in [-0.15, -0.1) is 23.1 Å². The summed E-state index contributed by atoms with van der Waals surface area (Å²) in [7, 11) is 0. The fourth-order valence-corrected chi connectivity index (χ4v) is 5.19. The molecule has 4 rings (SSSR count). The Hall–Kier alpha value is -2.31. The Morgan fingerprint density at radius 2 is 1.77 bits per heavy atom. The number of halogens is 1. The van der Waals surface area contributed by atoms with Crippen LogP contribution in [0.25, 0.3) is 21.6 Å². The first-order valence-corrected chi connectivity index (χ1v) is 9.93. The Labute approximate surface area is 158 Å². The molecule has 1 aliphatic heterocycles. The normalized spacial score (nSPS) is 12.4. The van der Waals surface area contributed by atoms with Crippen LogP contribution in [0.2, 0.25) is 0 Å². The van der Waals surface area contributed by atoms with Crippen molar-refractivity contribution in [3.8, 4) is 33.1 Å². The van der Waals surface area contributed by atoms with Crippen molar-refractivity contribution >= 4 is 23.1 Å². The van der Waals surface area contributed by atoms with E-state index in [1.54, 1.807) is 41.3 Å². The van der Waals surface area contributed by atoms with Gasteiger partial charge in [0.2, 0.25) is 6.79 Å². The monoisotopic (exact) mass is 386 g/mol. The van der Waals surface area contributed by atoms with E-state index in [2.05, 4.69) is 0 Å². The largest absolute Gasteiger partial charge is 0.454 e. The molecular weight excluding hydrogens is 371 g/mol. The molecule has 0 spiro atoms. The van der Waals surface area contributed by atoms with Crippen LogP contribution >= 0.6 is 23.1 Å². The van der Waals surface area contributed by atoms with Crippen molar-refractivity contribution < 1.29 is 13.9 Å². The number of fused-ring (bicyclic) bond motifs is 1. The summed E-state index contributed by atoms with van der Waals surface area (Å²) in [5.74, 6) is 1.93. The highest BCUT2D eigenvalue weighted by atomic mass is 32.2. The van der Waals surface area contributed by atoms with Crippen LogP contribution in [0.4, 0.5) is 4.39 Å². The van der Waals surface area contributed by atoms with Crippen LogP contribution in [0, 0.1) is 5.82 Å². The van der Waals surface area contributed by atoms with E-state index in [-0.39, 0.29) is 18.0 Å². The van der Waals surface area contributed by atoms with Crippen LogP contribution in [-0.2, 0) is 0 Å². The van der Waals surface area contributed by atoms with Gasteiger partial charge >= 0.3 is 0 Å². The molecule has 0 saturated heterocycles. The molecule has 1 aromatic heterocycles. The fraction of sp³-hybridized carbons (Fsp3) is 0.150. The van der Waals surface area contributed by atoms with E-state index < -0.39 is 0 Å². The molecule has 0 amide bonds. The maximum atomic E-state index is 13.2. The zero-order valence-corrected chi connectivity index (χ0v) is 15.6. The van der Waals surface area contributed by atoms with Crippen molar-refractivity contribution in [3.05, 3.63) is 64.6 Å². The van der Waals surface area contributed by atoms with Gasteiger partial charge in [-0.05, 0) is 47.2 Å². The van der Waals surface area contributed by atoms with Crippen LogP contribution in [0.3, 0.4) is 0 Å². The third-order valence-corrected chi connectivity index (χ3v) is 6.30. The van der Waals surface area contributed by atoms with E-state index >= 15 is 0 Å². The highest BCUT2D eigenvalue weighted by molar-refractivity contribution is 8.01. The number of benzene rings is 2. The summed E-state index contributed by atoms with van der Waals surface area (Å²) < 4.78 is 25.0. The number of hydrogen-bond donors (Lipinski definition) is 0. The summed E-state index contributed by atoms with van der Waals surface area (Å²) in [6.07, 6.45) is 0. The maximum Gasteiger partial charge on any atom is 0.231 e. The van der Waals surface area contributed by atoms with Crippen LogP contribution in [0.1, 0.15) is 6.92 Å². The number of hydrogen-bond acceptors (Lipinski definition) is 5. The Morgan fingerprint density at radius 3 is 2.54 bits per heavy atom. The van der Waals surface area contributed by atoms with Gasteiger partial charge in [0.05, 0.1) is 9.77 Å².